The number of amidine groups is 1. The van der Waals surface area contributed by atoms with Crippen molar-refractivity contribution in [1.29, 1.82) is 0 Å². The van der Waals surface area contributed by atoms with Crippen molar-refractivity contribution >= 4 is 40.6 Å². The molecule has 35 heavy (non-hydrogen) atoms. The van der Waals surface area contributed by atoms with Crippen LogP contribution in [0.15, 0.2) is 81.0 Å². The van der Waals surface area contributed by atoms with E-state index < -0.39 is 5.97 Å². The lowest BCUT2D eigenvalue weighted by molar-refractivity contribution is -0.124. The number of benzene rings is 2. The second-order valence-corrected chi connectivity index (χ2v) is 9.91. The summed E-state index contributed by atoms with van der Waals surface area (Å²) in [6.45, 7) is 2.21. The lowest BCUT2D eigenvalue weighted by atomic mass is 9.85. The number of para-hydroxylation sites is 1. The van der Waals surface area contributed by atoms with Gasteiger partial charge in [0.05, 0.1) is 16.2 Å². The number of carboxylic acids is 1. The van der Waals surface area contributed by atoms with Crippen molar-refractivity contribution in [3.8, 4) is 11.3 Å². The van der Waals surface area contributed by atoms with Gasteiger partial charge in [0.1, 0.15) is 11.5 Å². The van der Waals surface area contributed by atoms with Crippen molar-refractivity contribution < 1.29 is 19.1 Å². The number of carbonyl (C=O) groups excluding carboxylic acids is 1. The maximum absolute atomic E-state index is 13.6. The van der Waals surface area contributed by atoms with E-state index in [2.05, 4.69) is 6.92 Å². The fourth-order valence-electron chi connectivity index (χ4n) is 4.74. The molecule has 1 saturated heterocycles. The molecule has 0 unspecified atom stereocenters. The van der Waals surface area contributed by atoms with Gasteiger partial charge in [-0.3, -0.25) is 9.69 Å². The minimum absolute atomic E-state index is 0.0627. The number of amides is 1. The molecular weight excluding hydrogens is 460 g/mol. The van der Waals surface area contributed by atoms with Crippen LogP contribution < -0.4 is 0 Å². The molecule has 6 nitrogen and oxygen atoms in total. The summed E-state index contributed by atoms with van der Waals surface area (Å²) in [5.41, 5.74) is 1.48. The number of aromatic carboxylic acids is 1. The highest BCUT2D eigenvalue weighted by molar-refractivity contribution is 8.18. The first-order valence-electron chi connectivity index (χ1n) is 11.8. The molecule has 0 bridgehead atoms. The molecule has 2 aromatic carbocycles. The average Bonchev–Trinajstić information content (AvgIpc) is 3.45. The number of carboxylic acid groups (broad SMARTS) is 1. The van der Waals surface area contributed by atoms with Gasteiger partial charge in [0.25, 0.3) is 5.91 Å². The molecule has 2 atom stereocenters. The largest absolute Gasteiger partial charge is 0.478 e. The monoisotopic (exact) mass is 486 g/mol. The highest BCUT2D eigenvalue weighted by atomic mass is 32.2. The van der Waals surface area contributed by atoms with E-state index in [1.165, 1.54) is 18.2 Å². The SMILES string of the molecule is C[C@H]1CCCC[C@@H]1N1C(=O)/C(=C/c2ccc(-c3ccccc3C(=O)O)o2)SC1=Nc1ccccc1. The molecule has 1 N–H and O–H groups in total. The number of hydrogen-bond acceptors (Lipinski definition) is 5. The number of nitrogens with zero attached hydrogens (tertiary/aromatic N) is 2. The first-order valence-corrected chi connectivity index (χ1v) is 12.6. The third-order valence-electron chi connectivity index (χ3n) is 6.54. The van der Waals surface area contributed by atoms with Gasteiger partial charge in [0.2, 0.25) is 0 Å². The van der Waals surface area contributed by atoms with E-state index >= 15 is 0 Å². The van der Waals surface area contributed by atoms with Gasteiger partial charge >= 0.3 is 5.97 Å². The molecule has 1 aliphatic heterocycles. The topological polar surface area (TPSA) is 83.1 Å². The summed E-state index contributed by atoms with van der Waals surface area (Å²) in [5, 5.41) is 10.2. The van der Waals surface area contributed by atoms with E-state index in [4.69, 9.17) is 9.41 Å². The maximum Gasteiger partial charge on any atom is 0.336 e. The highest BCUT2D eigenvalue weighted by Crippen LogP contribution is 2.40. The van der Waals surface area contributed by atoms with Crippen molar-refractivity contribution in [2.45, 2.75) is 38.6 Å². The quantitative estimate of drug-likeness (QED) is 0.400. The number of thioether (sulfide) groups is 1. The van der Waals surface area contributed by atoms with E-state index in [0.29, 0.717) is 33.1 Å². The molecule has 1 aliphatic carbocycles. The zero-order valence-electron chi connectivity index (χ0n) is 19.4. The van der Waals surface area contributed by atoms with E-state index in [1.54, 1.807) is 42.5 Å². The first kappa shape index (κ1) is 23.2. The lowest BCUT2D eigenvalue weighted by Gasteiger charge is -2.35. The smallest absolute Gasteiger partial charge is 0.336 e. The van der Waals surface area contributed by atoms with Crippen LogP contribution in [0.25, 0.3) is 17.4 Å². The molecule has 1 aromatic heterocycles. The van der Waals surface area contributed by atoms with Gasteiger partial charge in [0, 0.05) is 17.7 Å². The summed E-state index contributed by atoms with van der Waals surface area (Å²) < 4.78 is 5.96. The molecule has 2 heterocycles. The summed E-state index contributed by atoms with van der Waals surface area (Å²) in [5.74, 6) is 0.260. The van der Waals surface area contributed by atoms with Crippen molar-refractivity contribution in [1.82, 2.24) is 4.90 Å². The van der Waals surface area contributed by atoms with Crippen LogP contribution in [0.5, 0.6) is 0 Å². The molecule has 0 spiro atoms. The Balaban J connectivity index is 1.49. The Bertz CT molecular complexity index is 1310. The summed E-state index contributed by atoms with van der Waals surface area (Å²) >= 11 is 1.36. The van der Waals surface area contributed by atoms with Crippen LogP contribution in [0.4, 0.5) is 5.69 Å². The van der Waals surface area contributed by atoms with E-state index in [1.807, 2.05) is 35.2 Å². The van der Waals surface area contributed by atoms with Gasteiger partial charge in [-0.25, -0.2) is 9.79 Å². The van der Waals surface area contributed by atoms with E-state index in [9.17, 15) is 14.7 Å². The van der Waals surface area contributed by atoms with Gasteiger partial charge in [-0.15, -0.1) is 0 Å². The van der Waals surface area contributed by atoms with Crippen LogP contribution >= 0.6 is 11.8 Å². The molecule has 1 amide bonds. The van der Waals surface area contributed by atoms with Gasteiger partial charge in [-0.2, -0.15) is 0 Å². The van der Waals surface area contributed by atoms with E-state index in [-0.39, 0.29) is 17.5 Å². The predicted molar refractivity (Wildman–Crippen MR) is 138 cm³/mol. The Morgan fingerprint density at radius 3 is 2.57 bits per heavy atom. The maximum atomic E-state index is 13.6. The molecule has 0 radical (unpaired) electrons. The van der Waals surface area contributed by atoms with Crippen LogP contribution in [0.2, 0.25) is 0 Å². The molecule has 7 heteroatoms. The number of rotatable bonds is 5. The Morgan fingerprint density at radius 1 is 1.06 bits per heavy atom. The van der Waals surface area contributed by atoms with Crippen LogP contribution in [0, 0.1) is 5.92 Å². The molecule has 2 fully saturated rings. The molecule has 5 rings (SSSR count). The standard InChI is InChI=1S/C28H26N2O4S/c1-18-9-5-8-14-23(18)30-26(31)25(35-28(30)29-19-10-3-2-4-11-19)17-20-15-16-24(34-20)21-12-6-7-13-22(21)27(32)33/h2-4,6-7,10-13,15-18,23H,5,8-9,14H2,1H3,(H,32,33)/b25-17-,29-28?/t18-,23-/m0/s1. The molecule has 1 saturated carbocycles. The minimum atomic E-state index is -1.02. The van der Waals surface area contributed by atoms with Crippen LogP contribution in [0.3, 0.4) is 0 Å². The fourth-order valence-corrected chi connectivity index (χ4v) is 5.76. The van der Waals surface area contributed by atoms with Crippen molar-refractivity contribution in [2.75, 3.05) is 0 Å². The van der Waals surface area contributed by atoms with Crippen molar-refractivity contribution in [3.63, 3.8) is 0 Å². The third kappa shape index (κ3) is 4.82. The fraction of sp³-hybridized carbons (Fsp3) is 0.250. The first-order chi connectivity index (χ1) is 17.0. The third-order valence-corrected chi connectivity index (χ3v) is 7.52. The Kier molecular flexibility index (Phi) is 6.59. The predicted octanol–water partition coefficient (Wildman–Crippen LogP) is 6.83. The molecule has 3 aromatic rings. The molecular formula is C28H26N2O4S. The van der Waals surface area contributed by atoms with Gasteiger partial charge in [-0.1, -0.05) is 56.2 Å². The van der Waals surface area contributed by atoms with Crippen LogP contribution in [-0.4, -0.2) is 33.1 Å². The van der Waals surface area contributed by atoms with Crippen molar-refractivity contribution in [3.05, 3.63) is 83.0 Å². The summed E-state index contributed by atoms with van der Waals surface area (Å²) in [6, 6.07) is 20.0. The Hall–Kier alpha value is -3.58. The second-order valence-electron chi connectivity index (χ2n) is 8.90. The van der Waals surface area contributed by atoms with Crippen LogP contribution in [0.1, 0.15) is 48.7 Å². The number of furan rings is 1. The number of carbonyl (C=O) groups is 2. The van der Waals surface area contributed by atoms with Crippen LogP contribution in [-0.2, 0) is 4.79 Å². The van der Waals surface area contributed by atoms with Crippen molar-refractivity contribution in [2.24, 2.45) is 10.9 Å². The van der Waals surface area contributed by atoms with Gasteiger partial charge in [0.15, 0.2) is 5.17 Å². The number of hydrogen-bond donors (Lipinski definition) is 1. The van der Waals surface area contributed by atoms with Gasteiger partial charge < -0.3 is 9.52 Å². The average molecular weight is 487 g/mol. The second kappa shape index (κ2) is 9.96. The number of aliphatic imine (C=N–C) groups is 1. The normalized spacial score (nSPS) is 22.8. The molecule has 178 valence electrons. The van der Waals surface area contributed by atoms with E-state index in [0.717, 1.165) is 24.9 Å². The summed E-state index contributed by atoms with van der Waals surface area (Å²) in [7, 11) is 0. The lowest BCUT2D eigenvalue weighted by Crippen LogP contribution is -2.44. The minimum Gasteiger partial charge on any atom is -0.478 e. The van der Waals surface area contributed by atoms with Gasteiger partial charge in [-0.05, 0) is 60.9 Å². The zero-order chi connectivity index (χ0) is 24.4. The Morgan fingerprint density at radius 2 is 1.80 bits per heavy atom. The highest BCUT2D eigenvalue weighted by Gasteiger charge is 2.41. The summed E-state index contributed by atoms with van der Waals surface area (Å²) in [4.78, 5) is 32.5. The molecule has 2 aliphatic rings. The summed E-state index contributed by atoms with van der Waals surface area (Å²) in [6.07, 6.45) is 6.08. The zero-order valence-corrected chi connectivity index (χ0v) is 20.2. The Labute approximate surface area is 208 Å².